The number of hydrogen-bond donors (Lipinski definition) is 3. The fourth-order valence-electron chi connectivity index (χ4n) is 0.559. The highest BCUT2D eigenvalue weighted by Gasteiger charge is 2.13. The van der Waals surface area contributed by atoms with E-state index in [0.717, 1.165) is 0 Å². The molecule has 5 nitrogen and oxygen atoms in total. The van der Waals surface area contributed by atoms with Crippen LogP contribution in [0, 0.1) is 0 Å². The topological polar surface area (TPSA) is 75.3 Å². The summed E-state index contributed by atoms with van der Waals surface area (Å²) in [5.74, 6) is -0.215. The molecule has 0 heterocycles. The lowest BCUT2D eigenvalue weighted by Gasteiger charge is -2.11. The number of thiol groups is 1. The summed E-state index contributed by atoms with van der Waals surface area (Å²) in [6.45, 7) is -0.0519. The summed E-state index contributed by atoms with van der Waals surface area (Å²) in [5, 5.41) is 4.55. The monoisotopic (exact) mass is 190 g/mol. The van der Waals surface area contributed by atoms with Crippen molar-refractivity contribution in [2.75, 3.05) is 12.3 Å². The molecule has 0 rings (SSSR count). The molecule has 0 saturated heterocycles. The molecule has 0 radical (unpaired) electrons. The Balaban J connectivity index is 3.84. The van der Waals surface area contributed by atoms with Crippen LogP contribution in [0.2, 0.25) is 0 Å². The Bertz CT molecular complexity index is 174. The second kappa shape index (κ2) is 6.66. The summed E-state index contributed by atoms with van der Waals surface area (Å²) < 4.78 is 0. The maximum atomic E-state index is 11.0. The minimum Gasteiger partial charge on any atom is -0.348 e. The quantitative estimate of drug-likeness (QED) is 0.347. The number of carbonyl (C=O) groups excluding carboxylic acids is 3. The van der Waals surface area contributed by atoms with E-state index in [2.05, 4.69) is 23.3 Å². The number of aldehydes is 1. The van der Waals surface area contributed by atoms with Gasteiger partial charge >= 0.3 is 0 Å². The van der Waals surface area contributed by atoms with Gasteiger partial charge in [0.1, 0.15) is 12.3 Å². The summed E-state index contributed by atoms with van der Waals surface area (Å²) in [6, 6.07) is -0.675. The van der Waals surface area contributed by atoms with Gasteiger partial charge in [0.25, 0.3) is 0 Å². The Hall–Kier alpha value is -1.04. The van der Waals surface area contributed by atoms with Crippen LogP contribution in [0.1, 0.15) is 0 Å². The van der Waals surface area contributed by atoms with E-state index < -0.39 is 11.9 Å². The van der Waals surface area contributed by atoms with E-state index >= 15 is 0 Å². The minimum absolute atomic E-state index is 0.0519. The Morgan fingerprint density at radius 3 is 2.58 bits per heavy atom. The van der Waals surface area contributed by atoms with Crippen molar-refractivity contribution in [3.05, 3.63) is 0 Å². The van der Waals surface area contributed by atoms with Gasteiger partial charge in [-0.15, -0.1) is 0 Å². The Kier molecular flexibility index (Phi) is 6.08. The van der Waals surface area contributed by atoms with Gasteiger partial charge < -0.3 is 15.4 Å². The summed E-state index contributed by atoms with van der Waals surface area (Å²) in [7, 11) is 0. The van der Waals surface area contributed by atoms with Gasteiger partial charge in [-0.2, -0.15) is 12.6 Å². The van der Waals surface area contributed by atoms with E-state index in [1.807, 2.05) is 0 Å². The van der Waals surface area contributed by atoms with Crippen molar-refractivity contribution in [1.29, 1.82) is 0 Å². The maximum absolute atomic E-state index is 11.0. The summed E-state index contributed by atoms with van der Waals surface area (Å²) in [4.78, 5) is 30.8. The van der Waals surface area contributed by atoms with Crippen molar-refractivity contribution in [3.63, 3.8) is 0 Å². The van der Waals surface area contributed by atoms with Gasteiger partial charge in [0, 0.05) is 5.75 Å². The van der Waals surface area contributed by atoms with E-state index in [-0.39, 0.29) is 12.3 Å². The lowest BCUT2D eigenvalue weighted by atomic mass is 10.3. The van der Waals surface area contributed by atoms with E-state index in [4.69, 9.17) is 0 Å². The average molecular weight is 190 g/mol. The smallest absolute Gasteiger partial charge is 0.243 e. The molecule has 0 aliphatic rings. The molecule has 0 aromatic carbocycles. The normalized spacial score (nSPS) is 11.4. The Morgan fingerprint density at radius 1 is 1.50 bits per heavy atom. The van der Waals surface area contributed by atoms with E-state index in [1.54, 1.807) is 0 Å². The predicted molar refractivity (Wildman–Crippen MR) is 45.9 cm³/mol. The molecular formula is C6H10N2O3S. The molecule has 0 saturated carbocycles. The van der Waals surface area contributed by atoms with Gasteiger partial charge in [0.15, 0.2) is 0 Å². The van der Waals surface area contributed by atoms with E-state index in [9.17, 15) is 14.4 Å². The third kappa shape index (κ3) is 3.97. The largest absolute Gasteiger partial charge is 0.348 e. The molecule has 0 aromatic rings. The molecule has 12 heavy (non-hydrogen) atoms. The van der Waals surface area contributed by atoms with Gasteiger partial charge in [0.05, 0.1) is 6.54 Å². The zero-order valence-electron chi connectivity index (χ0n) is 6.32. The molecule has 0 aliphatic heterocycles. The van der Waals surface area contributed by atoms with Crippen molar-refractivity contribution >= 4 is 31.2 Å². The molecule has 0 bridgehead atoms. The molecular weight excluding hydrogens is 180 g/mol. The minimum atomic E-state index is -0.675. The fraction of sp³-hybridized carbons (Fsp3) is 0.500. The molecule has 2 N–H and O–H groups in total. The van der Waals surface area contributed by atoms with Gasteiger partial charge in [-0.05, 0) is 0 Å². The first kappa shape index (κ1) is 11.0. The molecule has 1 unspecified atom stereocenters. The van der Waals surface area contributed by atoms with Crippen LogP contribution in [-0.4, -0.2) is 36.9 Å². The van der Waals surface area contributed by atoms with E-state index in [0.29, 0.717) is 12.7 Å². The van der Waals surface area contributed by atoms with Crippen LogP contribution in [0.3, 0.4) is 0 Å². The lowest BCUT2D eigenvalue weighted by molar-refractivity contribution is -0.125. The number of rotatable bonds is 6. The molecule has 0 fully saturated rings. The van der Waals surface area contributed by atoms with Gasteiger partial charge in [-0.25, -0.2) is 0 Å². The number of hydrogen-bond acceptors (Lipinski definition) is 4. The number of carbonyl (C=O) groups is 3. The van der Waals surface area contributed by atoms with Crippen LogP contribution in [0.4, 0.5) is 0 Å². The third-order valence-corrected chi connectivity index (χ3v) is 1.49. The average Bonchev–Trinajstić information content (AvgIpc) is 2.10. The number of nitrogens with one attached hydrogen (secondary N) is 2. The molecule has 2 amide bonds. The first-order chi connectivity index (χ1) is 5.76. The van der Waals surface area contributed by atoms with Gasteiger partial charge in [0.2, 0.25) is 12.3 Å². The van der Waals surface area contributed by atoms with Crippen molar-refractivity contribution in [1.82, 2.24) is 10.6 Å². The number of amides is 2. The Labute approximate surface area is 75.3 Å². The molecule has 0 aromatic heterocycles. The Morgan fingerprint density at radius 2 is 2.17 bits per heavy atom. The van der Waals surface area contributed by atoms with Crippen LogP contribution in [0.5, 0.6) is 0 Å². The van der Waals surface area contributed by atoms with E-state index in [1.165, 1.54) is 0 Å². The van der Waals surface area contributed by atoms with Crippen LogP contribution in [0.25, 0.3) is 0 Å². The predicted octanol–water partition coefficient (Wildman–Crippen LogP) is -1.65. The van der Waals surface area contributed by atoms with Gasteiger partial charge in [-0.3, -0.25) is 9.59 Å². The maximum Gasteiger partial charge on any atom is 0.243 e. The first-order valence-electron chi connectivity index (χ1n) is 3.28. The summed E-state index contributed by atoms with van der Waals surface area (Å²) >= 11 is 3.84. The second-order valence-corrected chi connectivity index (χ2v) is 2.30. The van der Waals surface area contributed by atoms with Crippen molar-refractivity contribution < 1.29 is 14.4 Å². The highest BCUT2D eigenvalue weighted by atomic mass is 32.1. The van der Waals surface area contributed by atoms with Crippen molar-refractivity contribution in [3.8, 4) is 0 Å². The highest BCUT2D eigenvalue weighted by Crippen LogP contribution is 1.85. The second-order valence-electron chi connectivity index (χ2n) is 1.93. The van der Waals surface area contributed by atoms with Crippen molar-refractivity contribution in [2.45, 2.75) is 6.04 Å². The zero-order valence-corrected chi connectivity index (χ0v) is 7.21. The lowest BCUT2D eigenvalue weighted by Crippen LogP contribution is -2.45. The van der Waals surface area contributed by atoms with Crippen molar-refractivity contribution in [2.24, 2.45) is 0 Å². The standard InChI is InChI=1S/C6H10N2O3S/c9-2-1-7-6(11)5(3-12)8-4-10/h2,4-5,12H,1,3H2,(H,7,11)(H,8,10). The highest BCUT2D eigenvalue weighted by molar-refractivity contribution is 7.80. The molecule has 1 atom stereocenters. The third-order valence-electron chi connectivity index (χ3n) is 1.13. The van der Waals surface area contributed by atoms with Gasteiger partial charge in [-0.1, -0.05) is 0 Å². The molecule has 0 spiro atoms. The fourth-order valence-corrected chi connectivity index (χ4v) is 0.830. The zero-order chi connectivity index (χ0) is 9.40. The van der Waals surface area contributed by atoms with Crippen LogP contribution < -0.4 is 10.6 Å². The first-order valence-corrected chi connectivity index (χ1v) is 3.91. The molecule has 0 aliphatic carbocycles. The SMILES string of the molecule is O=CCNC(=O)C(CS)NC=O. The van der Waals surface area contributed by atoms with Crippen LogP contribution in [-0.2, 0) is 14.4 Å². The van der Waals surface area contributed by atoms with Crippen LogP contribution >= 0.6 is 12.6 Å². The molecule has 68 valence electrons. The van der Waals surface area contributed by atoms with Crippen LogP contribution in [0.15, 0.2) is 0 Å². The molecule has 6 heteroatoms. The summed E-state index contributed by atoms with van der Waals surface area (Å²) in [5.41, 5.74) is 0. The summed E-state index contributed by atoms with van der Waals surface area (Å²) in [6.07, 6.45) is 0.982.